The Bertz CT molecular complexity index is 532. The zero-order valence-electron chi connectivity index (χ0n) is 10.6. The van der Waals surface area contributed by atoms with Crippen molar-refractivity contribution in [2.24, 2.45) is 11.7 Å². The highest BCUT2D eigenvalue weighted by Crippen LogP contribution is 2.25. The summed E-state index contributed by atoms with van der Waals surface area (Å²) in [6.45, 7) is 3.15. The van der Waals surface area contributed by atoms with E-state index in [0.29, 0.717) is 5.92 Å². The molecule has 1 aromatic heterocycles. The highest BCUT2D eigenvalue weighted by molar-refractivity contribution is 5.19. The first-order valence-corrected chi connectivity index (χ1v) is 6.45. The molecule has 3 rings (SSSR count). The molecule has 0 spiro atoms. The molecule has 2 N–H and O–H groups in total. The Morgan fingerprint density at radius 3 is 2.89 bits per heavy atom. The van der Waals surface area contributed by atoms with Crippen molar-refractivity contribution in [1.29, 1.82) is 0 Å². The fourth-order valence-corrected chi connectivity index (χ4v) is 2.57. The third kappa shape index (κ3) is 2.16. The van der Waals surface area contributed by atoms with Crippen molar-refractivity contribution in [3.05, 3.63) is 47.5 Å². The molecule has 2 unspecified atom stereocenters. The fraction of sp³-hybridized carbons (Fsp3) is 0.429. The van der Waals surface area contributed by atoms with Gasteiger partial charge in [0.1, 0.15) is 5.82 Å². The van der Waals surface area contributed by atoms with Gasteiger partial charge in [0.05, 0.1) is 6.04 Å². The van der Waals surface area contributed by atoms with Crippen LogP contribution in [0.5, 0.6) is 0 Å². The number of aromatic nitrogens is 3. The van der Waals surface area contributed by atoms with Gasteiger partial charge in [0.25, 0.3) is 0 Å². The quantitative estimate of drug-likeness (QED) is 0.875. The maximum absolute atomic E-state index is 6.12. The molecule has 1 aliphatic heterocycles. The molecule has 0 fully saturated rings. The van der Waals surface area contributed by atoms with Crippen LogP contribution < -0.4 is 5.73 Å². The second kappa shape index (κ2) is 4.53. The Morgan fingerprint density at radius 2 is 2.11 bits per heavy atom. The minimum absolute atomic E-state index is 0.0331. The Balaban J connectivity index is 1.85. The smallest absolute Gasteiger partial charge is 0.155 e. The summed E-state index contributed by atoms with van der Waals surface area (Å²) < 4.78 is 1.98. The zero-order chi connectivity index (χ0) is 12.5. The van der Waals surface area contributed by atoms with Crippen molar-refractivity contribution in [3.8, 4) is 0 Å². The van der Waals surface area contributed by atoms with Crippen LogP contribution in [0.4, 0.5) is 0 Å². The van der Waals surface area contributed by atoms with Gasteiger partial charge in [-0.25, -0.2) is 9.67 Å². The summed E-state index contributed by atoms with van der Waals surface area (Å²) in [4.78, 5) is 4.59. The minimum atomic E-state index is 0.0331. The summed E-state index contributed by atoms with van der Waals surface area (Å²) in [5, 5.41) is 4.57. The van der Waals surface area contributed by atoms with Crippen LogP contribution in [0.3, 0.4) is 0 Å². The highest BCUT2D eigenvalue weighted by atomic mass is 15.4. The van der Waals surface area contributed by atoms with Crippen molar-refractivity contribution < 1.29 is 0 Å². The van der Waals surface area contributed by atoms with Gasteiger partial charge in [0.2, 0.25) is 0 Å². The van der Waals surface area contributed by atoms with E-state index in [1.54, 1.807) is 0 Å². The first-order valence-electron chi connectivity index (χ1n) is 6.45. The number of nitrogens with zero attached hydrogens (tertiary/aromatic N) is 3. The van der Waals surface area contributed by atoms with E-state index < -0.39 is 0 Å². The number of benzene rings is 1. The molecule has 0 radical (unpaired) electrons. The normalized spacial score (nSPS) is 22.8. The van der Waals surface area contributed by atoms with Gasteiger partial charge in [-0.1, -0.05) is 37.3 Å². The largest absolute Gasteiger partial charge is 0.321 e. The van der Waals surface area contributed by atoms with E-state index >= 15 is 0 Å². The number of fused-ring (bicyclic) bond motifs is 1. The van der Waals surface area contributed by atoms with E-state index in [9.17, 15) is 0 Å². The Kier molecular flexibility index (Phi) is 2.88. The van der Waals surface area contributed by atoms with Crippen molar-refractivity contribution in [2.75, 3.05) is 0 Å². The molecule has 1 aliphatic rings. The van der Waals surface area contributed by atoms with E-state index in [0.717, 1.165) is 31.0 Å². The van der Waals surface area contributed by atoms with Crippen LogP contribution in [0.25, 0.3) is 0 Å². The summed E-state index contributed by atoms with van der Waals surface area (Å²) in [5.74, 6) is 2.40. The number of nitrogens with two attached hydrogens (primary N) is 1. The van der Waals surface area contributed by atoms with Crippen molar-refractivity contribution in [2.45, 2.75) is 32.4 Å². The maximum Gasteiger partial charge on any atom is 0.155 e. The second-order valence-electron chi connectivity index (χ2n) is 5.18. The van der Waals surface area contributed by atoms with Crippen LogP contribution in [0.2, 0.25) is 0 Å². The average molecular weight is 242 g/mol. The molecule has 2 heterocycles. The van der Waals surface area contributed by atoms with Gasteiger partial charge in [-0.15, -0.1) is 0 Å². The van der Waals surface area contributed by atoms with Gasteiger partial charge < -0.3 is 5.73 Å². The topological polar surface area (TPSA) is 56.7 Å². The van der Waals surface area contributed by atoms with Crippen molar-refractivity contribution in [3.63, 3.8) is 0 Å². The number of rotatable bonds is 2. The molecular formula is C14H18N4. The molecule has 0 amide bonds. The van der Waals surface area contributed by atoms with Gasteiger partial charge in [0.15, 0.2) is 5.82 Å². The molecule has 4 heteroatoms. The predicted octanol–water partition coefficient (Wildman–Crippen LogP) is 1.91. The van der Waals surface area contributed by atoms with Crippen LogP contribution in [-0.2, 0) is 13.0 Å². The summed E-state index contributed by atoms with van der Waals surface area (Å²) >= 11 is 0. The van der Waals surface area contributed by atoms with Gasteiger partial charge in [-0.3, -0.25) is 0 Å². The molecule has 0 saturated heterocycles. The molecule has 2 aromatic rings. The highest BCUT2D eigenvalue weighted by Gasteiger charge is 2.25. The zero-order valence-corrected chi connectivity index (χ0v) is 10.6. The lowest BCUT2D eigenvalue weighted by Gasteiger charge is -2.23. The maximum atomic E-state index is 6.12. The lowest BCUT2D eigenvalue weighted by atomic mass is 9.98. The molecule has 94 valence electrons. The van der Waals surface area contributed by atoms with E-state index in [4.69, 9.17) is 5.73 Å². The first-order chi connectivity index (χ1) is 8.72. The van der Waals surface area contributed by atoms with Gasteiger partial charge in [-0.05, 0) is 17.9 Å². The van der Waals surface area contributed by atoms with E-state index in [2.05, 4.69) is 29.1 Å². The number of hydrogen-bond donors (Lipinski definition) is 1. The number of hydrogen-bond acceptors (Lipinski definition) is 3. The summed E-state index contributed by atoms with van der Waals surface area (Å²) in [6.07, 6.45) is 1.78. The predicted molar refractivity (Wildman–Crippen MR) is 70.0 cm³/mol. The SMILES string of the molecule is CC1CC(N)c2nc(Cc3ccccc3)nn2C1. The summed E-state index contributed by atoms with van der Waals surface area (Å²) in [5.41, 5.74) is 7.36. The van der Waals surface area contributed by atoms with Gasteiger partial charge in [-0.2, -0.15) is 5.10 Å². The lowest BCUT2D eigenvalue weighted by molar-refractivity contribution is 0.325. The van der Waals surface area contributed by atoms with Crippen molar-refractivity contribution >= 4 is 0 Å². The van der Waals surface area contributed by atoms with E-state index in [-0.39, 0.29) is 6.04 Å². The monoisotopic (exact) mass is 242 g/mol. The fourth-order valence-electron chi connectivity index (χ4n) is 2.57. The van der Waals surface area contributed by atoms with Crippen LogP contribution in [-0.4, -0.2) is 14.8 Å². The van der Waals surface area contributed by atoms with Crippen LogP contribution in [0, 0.1) is 5.92 Å². The Hall–Kier alpha value is -1.68. The van der Waals surface area contributed by atoms with Crippen LogP contribution in [0.15, 0.2) is 30.3 Å². The van der Waals surface area contributed by atoms with E-state index in [1.165, 1.54) is 5.56 Å². The summed E-state index contributed by atoms with van der Waals surface area (Å²) in [7, 11) is 0. The molecule has 2 atom stereocenters. The molecule has 18 heavy (non-hydrogen) atoms. The standard InChI is InChI=1S/C14H18N4/c1-10-7-12(15)14-16-13(17-18(14)9-10)8-11-5-3-2-4-6-11/h2-6,10,12H,7-9,15H2,1H3. The Morgan fingerprint density at radius 1 is 1.33 bits per heavy atom. The van der Waals surface area contributed by atoms with Crippen LogP contribution >= 0.6 is 0 Å². The molecule has 4 nitrogen and oxygen atoms in total. The van der Waals surface area contributed by atoms with Gasteiger partial charge in [0, 0.05) is 13.0 Å². The average Bonchev–Trinajstić information content (AvgIpc) is 2.73. The van der Waals surface area contributed by atoms with Crippen LogP contribution in [0.1, 0.15) is 36.6 Å². The first kappa shape index (κ1) is 11.4. The Labute approximate surface area is 107 Å². The lowest BCUT2D eigenvalue weighted by Crippen LogP contribution is -2.27. The molecular weight excluding hydrogens is 224 g/mol. The van der Waals surface area contributed by atoms with Crippen molar-refractivity contribution in [1.82, 2.24) is 14.8 Å². The summed E-state index contributed by atoms with van der Waals surface area (Å²) in [6, 6.07) is 10.3. The molecule has 0 bridgehead atoms. The molecule has 0 aliphatic carbocycles. The minimum Gasteiger partial charge on any atom is -0.321 e. The van der Waals surface area contributed by atoms with Gasteiger partial charge >= 0.3 is 0 Å². The van der Waals surface area contributed by atoms with E-state index in [1.807, 2.05) is 22.9 Å². The third-order valence-electron chi connectivity index (χ3n) is 3.42. The molecule has 0 saturated carbocycles. The second-order valence-corrected chi connectivity index (χ2v) is 5.18. The molecule has 1 aromatic carbocycles. The third-order valence-corrected chi connectivity index (χ3v) is 3.42.